The second-order valence-corrected chi connectivity index (χ2v) is 7.15. The topological polar surface area (TPSA) is 80.6 Å². The molecule has 0 saturated carbocycles. The van der Waals surface area contributed by atoms with Gasteiger partial charge in [-0.1, -0.05) is 24.3 Å². The van der Waals surface area contributed by atoms with Gasteiger partial charge >= 0.3 is 0 Å². The van der Waals surface area contributed by atoms with Crippen molar-refractivity contribution in [1.29, 1.82) is 0 Å². The van der Waals surface area contributed by atoms with Gasteiger partial charge in [0.1, 0.15) is 6.33 Å². The molecule has 0 atom stereocenters. The van der Waals surface area contributed by atoms with Gasteiger partial charge in [-0.05, 0) is 35.2 Å². The minimum Gasteiger partial charge on any atom is -0.350 e. The number of hydrogen-bond acceptors (Lipinski definition) is 7. The van der Waals surface area contributed by atoms with Gasteiger partial charge in [0.05, 0.1) is 5.69 Å². The van der Waals surface area contributed by atoms with Crippen molar-refractivity contribution in [3.8, 4) is 5.69 Å². The highest BCUT2D eigenvalue weighted by molar-refractivity contribution is 7.08. The van der Waals surface area contributed by atoms with Crippen molar-refractivity contribution in [2.45, 2.75) is 6.54 Å². The zero-order chi connectivity index (χ0) is 19.5. The highest BCUT2D eigenvalue weighted by Gasteiger charge is 2.15. The molecule has 8 heteroatoms. The fraction of sp³-hybridized carbons (Fsp3) is 0.0476. The molecule has 0 amide bonds. The molecule has 5 aromatic rings. The number of rotatable bonds is 6. The summed E-state index contributed by atoms with van der Waals surface area (Å²) >= 11 is 1.63. The second kappa shape index (κ2) is 7.69. The molecule has 0 fully saturated rings. The molecule has 7 nitrogen and oxygen atoms in total. The van der Waals surface area contributed by atoms with Crippen LogP contribution >= 0.6 is 11.3 Å². The third-order valence-corrected chi connectivity index (χ3v) is 5.06. The number of hydrogen-bond donors (Lipinski definition) is 2. The monoisotopic (exact) mass is 399 g/mol. The van der Waals surface area contributed by atoms with Crippen LogP contribution in [0.5, 0.6) is 0 Å². The molecule has 4 aromatic heterocycles. The van der Waals surface area contributed by atoms with Gasteiger partial charge in [0.15, 0.2) is 17.0 Å². The van der Waals surface area contributed by atoms with Crippen LogP contribution in [0.2, 0.25) is 0 Å². The summed E-state index contributed by atoms with van der Waals surface area (Å²) in [6.45, 7) is 0.580. The fourth-order valence-electron chi connectivity index (χ4n) is 2.99. The highest BCUT2D eigenvalue weighted by atomic mass is 32.1. The van der Waals surface area contributed by atoms with Crippen molar-refractivity contribution in [2.75, 3.05) is 10.6 Å². The Morgan fingerprint density at radius 1 is 1.00 bits per heavy atom. The van der Waals surface area contributed by atoms with Crippen LogP contribution in [0.25, 0.3) is 16.9 Å². The van der Waals surface area contributed by atoms with E-state index in [1.807, 2.05) is 64.7 Å². The van der Waals surface area contributed by atoms with E-state index in [9.17, 15) is 0 Å². The molecule has 0 spiro atoms. The van der Waals surface area contributed by atoms with Gasteiger partial charge in [-0.3, -0.25) is 9.55 Å². The number of nitrogens with one attached hydrogen (secondary N) is 2. The van der Waals surface area contributed by atoms with E-state index in [-0.39, 0.29) is 0 Å². The van der Waals surface area contributed by atoms with Crippen LogP contribution in [0.15, 0.2) is 78.0 Å². The van der Waals surface area contributed by atoms with Crippen LogP contribution in [0.4, 0.5) is 17.5 Å². The van der Waals surface area contributed by atoms with Crippen molar-refractivity contribution in [3.63, 3.8) is 0 Å². The average molecular weight is 399 g/mol. The van der Waals surface area contributed by atoms with Gasteiger partial charge in [0.25, 0.3) is 0 Å². The molecule has 0 aliphatic heterocycles. The summed E-state index contributed by atoms with van der Waals surface area (Å²) in [5.74, 6) is 1.18. The van der Waals surface area contributed by atoms with Gasteiger partial charge in [-0.15, -0.1) is 0 Å². The first-order chi connectivity index (χ1) is 14.4. The zero-order valence-corrected chi connectivity index (χ0v) is 16.2. The quantitative estimate of drug-likeness (QED) is 0.433. The molecule has 0 radical (unpaired) electrons. The Labute approximate surface area is 171 Å². The Hall–Kier alpha value is -3.78. The number of pyridine rings is 1. The minimum absolute atomic E-state index is 0.525. The summed E-state index contributed by atoms with van der Waals surface area (Å²) in [5, 5.41) is 10.8. The third-order valence-electron chi connectivity index (χ3n) is 4.39. The first-order valence-electron chi connectivity index (χ1n) is 9.09. The Morgan fingerprint density at radius 3 is 2.72 bits per heavy atom. The SMILES string of the molecule is c1ccc(Nc2nc(NCc3cccnc3)nc3c2ncn3-c2ccsc2)cc1. The van der Waals surface area contributed by atoms with E-state index in [2.05, 4.69) is 31.0 Å². The molecule has 142 valence electrons. The first kappa shape index (κ1) is 17.3. The molecule has 0 saturated heterocycles. The van der Waals surface area contributed by atoms with Gasteiger partial charge in [-0.25, -0.2) is 4.98 Å². The lowest BCUT2D eigenvalue weighted by atomic mass is 10.3. The molecular formula is C21H17N7S. The van der Waals surface area contributed by atoms with Crippen molar-refractivity contribution in [1.82, 2.24) is 24.5 Å². The maximum atomic E-state index is 4.73. The van der Waals surface area contributed by atoms with E-state index >= 15 is 0 Å². The number of benzene rings is 1. The predicted molar refractivity (Wildman–Crippen MR) is 116 cm³/mol. The molecule has 5 rings (SSSR count). The van der Waals surface area contributed by atoms with Crippen molar-refractivity contribution in [3.05, 3.63) is 83.6 Å². The van der Waals surface area contributed by atoms with Crippen LogP contribution in [0, 0.1) is 0 Å². The minimum atomic E-state index is 0.525. The maximum absolute atomic E-state index is 4.73. The van der Waals surface area contributed by atoms with Crippen LogP contribution < -0.4 is 10.6 Å². The molecule has 1 aromatic carbocycles. The predicted octanol–water partition coefficient (Wildman–Crippen LogP) is 4.63. The van der Waals surface area contributed by atoms with Crippen LogP contribution in [-0.4, -0.2) is 24.5 Å². The Morgan fingerprint density at radius 2 is 1.93 bits per heavy atom. The lowest BCUT2D eigenvalue weighted by molar-refractivity contribution is 1.03. The highest BCUT2D eigenvalue weighted by Crippen LogP contribution is 2.27. The number of nitrogens with zero attached hydrogens (tertiary/aromatic N) is 5. The van der Waals surface area contributed by atoms with E-state index in [0.717, 1.165) is 22.6 Å². The number of aromatic nitrogens is 5. The Balaban J connectivity index is 1.56. The van der Waals surface area contributed by atoms with Crippen molar-refractivity contribution in [2.24, 2.45) is 0 Å². The summed E-state index contributed by atoms with van der Waals surface area (Å²) in [4.78, 5) is 18.1. The smallest absolute Gasteiger partial charge is 0.227 e. The molecule has 0 aliphatic rings. The van der Waals surface area contributed by atoms with Gasteiger partial charge in [-0.2, -0.15) is 21.3 Å². The van der Waals surface area contributed by atoms with Gasteiger partial charge in [0.2, 0.25) is 5.95 Å². The first-order valence-corrected chi connectivity index (χ1v) is 10.0. The van der Waals surface area contributed by atoms with E-state index in [1.54, 1.807) is 23.9 Å². The summed E-state index contributed by atoms with van der Waals surface area (Å²) in [7, 11) is 0. The lowest BCUT2D eigenvalue weighted by Crippen LogP contribution is -2.07. The molecule has 29 heavy (non-hydrogen) atoms. The molecular weight excluding hydrogens is 382 g/mol. The number of anilines is 3. The third kappa shape index (κ3) is 3.65. The summed E-state index contributed by atoms with van der Waals surface area (Å²) in [6, 6.07) is 15.9. The maximum Gasteiger partial charge on any atom is 0.227 e. The van der Waals surface area contributed by atoms with Crippen molar-refractivity contribution >= 4 is 40.0 Å². The number of para-hydroxylation sites is 1. The number of thiophene rings is 1. The average Bonchev–Trinajstić information content (AvgIpc) is 3.43. The molecule has 0 aliphatic carbocycles. The standard InChI is InChI=1S/C21H17N7S/c1-2-6-16(7-3-1)25-19-18-20(28(14-24-18)17-8-10-29-13-17)27-21(26-19)23-12-15-5-4-9-22-11-15/h1-11,13-14H,12H2,(H2,23,25,26,27). The van der Waals surface area contributed by atoms with E-state index < -0.39 is 0 Å². The number of imidazole rings is 1. The van der Waals surface area contributed by atoms with Crippen LogP contribution in [0.3, 0.4) is 0 Å². The summed E-state index contributed by atoms with van der Waals surface area (Å²) < 4.78 is 1.97. The Kier molecular flexibility index (Phi) is 4.59. The molecule has 0 bridgehead atoms. The van der Waals surface area contributed by atoms with Gasteiger partial charge < -0.3 is 10.6 Å². The van der Waals surface area contributed by atoms with E-state index in [0.29, 0.717) is 23.8 Å². The zero-order valence-electron chi connectivity index (χ0n) is 15.4. The summed E-state index contributed by atoms with van der Waals surface area (Å²) in [6.07, 6.45) is 5.36. The largest absolute Gasteiger partial charge is 0.350 e. The molecule has 2 N–H and O–H groups in total. The summed E-state index contributed by atoms with van der Waals surface area (Å²) in [5.41, 5.74) is 4.48. The Bertz CT molecular complexity index is 1220. The van der Waals surface area contributed by atoms with E-state index in [4.69, 9.17) is 4.98 Å². The van der Waals surface area contributed by atoms with E-state index in [1.165, 1.54) is 0 Å². The lowest BCUT2D eigenvalue weighted by Gasteiger charge is -2.10. The van der Waals surface area contributed by atoms with Crippen LogP contribution in [-0.2, 0) is 6.54 Å². The molecule has 4 heterocycles. The van der Waals surface area contributed by atoms with Crippen LogP contribution in [0.1, 0.15) is 5.56 Å². The second-order valence-electron chi connectivity index (χ2n) is 6.37. The fourth-order valence-corrected chi connectivity index (χ4v) is 3.62. The van der Waals surface area contributed by atoms with Crippen molar-refractivity contribution < 1.29 is 0 Å². The normalized spacial score (nSPS) is 10.9. The molecule has 0 unspecified atom stereocenters. The number of fused-ring (bicyclic) bond motifs is 1. The van der Waals surface area contributed by atoms with Gasteiger partial charge in [0, 0.05) is 30.0 Å².